The number of carbonyl (C=O) groups excluding carboxylic acids is 1. The van der Waals surface area contributed by atoms with Crippen LogP contribution in [0.4, 0.5) is 0 Å². The second kappa shape index (κ2) is 5.54. The maximum Gasteiger partial charge on any atom is 0.492 e. The van der Waals surface area contributed by atoms with E-state index in [0.29, 0.717) is 10.6 Å². The van der Waals surface area contributed by atoms with Crippen LogP contribution in [0.1, 0.15) is 35.3 Å². The highest BCUT2D eigenvalue weighted by atomic mass is 35.5. The molecule has 0 spiro atoms. The van der Waals surface area contributed by atoms with Crippen LogP contribution in [0.3, 0.4) is 0 Å². The first-order chi connectivity index (χ1) is 10.4. The minimum Gasteiger partial charge on any atom is -0.423 e. The summed E-state index contributed by atoms with van der Waals surface area (Å²) in [7, 11) is -0.939. The zero-order valence-electron chi connectivity index (χ0n) is 12.5. The molecule has 0 aromatic heterocycles. The van der Waals surface area contributed by atoms with Crippen molar-refractivity contribution in [3.8, 4) is 0 Å². The summed E-state index contributed by atoms with van der Waals surface area (Å²) >= 11 is 5.92. The molecule has 0 saturated heterocycles. The van der Waals surface area contributed by atoms with Gasteiger partial charge in [0.25, 0.3) is 0 Å². The van der Waals surface area contributed by atoms with E-state index >= 15 is 0 Å². The van der Waals surface area contributed by atoms with E-state index in [9.17, 15) is 9.82 Å². The molecule has 0 bridgehead atoms. The number of ketones is 1. The Labute approximate surface area is 135 Å². The Bertz CT molecular complexity index is 742. The molecular formula is C17H16BClO3. The van der Waals surface area contributed by atoms with E-state index in [4.69, 9.17) is 16.3 Å². The normalized spacial score (nSPS) is 15.7. The van der Waals surface area contributed by atoms with Crippen molar-refractivity contribution < 1.29 is 14.5 Å². The van der Waals surface area contributed by atoms with Crippen molar-refractivity contribution in [1.82, 2.24) is 0 Å². The first-order valence-electron chi connectivity index (χ1n) is 7.15. The molecule has 0 fully saturated rings. The minimum atomic E-state index is -0.939. The van der Waals surface area contributed by atoms with Gasteiger partial charge in [-0.1, -0.05) is 41.9 Å². The van der Waals surface area contributed by atoms with Crippen LogP contribution in [0.15, 0.2) is 42.5 Å². The van der Waals surface area contributed by atoms with Gasteiger partial charge in [0, 0.05) is 17.0 Å². The van der Waals surface area contributed by atoms with Gasteiger partial charge in [0.05, 0.1) is 5.60 Å². The van der Waals surface area contributed by atoms with Gasteiger partial charge in [-0.3, -0.25) is 4.79 Å². The van der Waals surface area contributed by atoms with E-state index in [-0.39, 0.29) is 12.2 Å². The second-order valence-electron chi connectivity index (χ2n) is 6.01. The largest absolute Gasteiger partial charge is 0.492 e. The van der Waals surface area contributed by atoms with Gasteiger partial charge in [-0.2, -0.15) is 0 Å². The number of hydrogen-bond donors (Lipinski definition) is 1. The first kappa shape index (κ1) is 15.3. The Morgan fingerprint density at radius 2 is 2.05 bits per heavy atom. The Kier molecular flexibility index (Phi) is 3.85. The SMILES string of the molecule is CC1(C)OB(O)c2cc(CC(=O)c3cccc(Cl)c3)ccc21. The standard InChI is InChI=1S/C17H16BClO3/c1-17(2)14-7-6-11(8-15(14)18(21)22-17)9-16(20)12-4-3-5-13(19)10-12/h3-8,10,21H,9H2,1-2H3. The smallest absolute Gasteiger partial charge is 0.423 e. The van der Waals surface area contributed by atoms with E-state index in [0.717, 1.165) is 16.6 Å². The lowest BCUT2D eigenvalue weighted by atomic mass is 9.77. The Morgan fingerprint density at radius 1 is 1.27 bits per heavy atom. The maximum absolute atomic E-state index is 12.3. The van der Waals surface area contributed by atoms with Crippen LogP contribution < -0.4 is 5.46 Å². The lowest BCUT2D eigenvalue weighted by Crippen LogP contribution is -2.29. The average Bonchev–Trinajstić information content (AvgIpc) is 2.68. The number of Topliss-reactive ketones (excluding diaryl/α,β-unsaturated/α-hetero) is 1. The first-order valence-corrected chi connectivity index (χ1v) is 7.52. The molecule has 5 heteroatoms. The number of rotatable bonds is 3. The second-order valence-corrected chi connectivity index (χ2v) is 6.45. The highest BCUT2D eigenvalue weighted by Gasteiger charge is 2.40. The zero-order valence-corrected chi connectivity index (χ0v) is 13.2. The Hall–Kier alpha value is -1.62. The summed E-state index contributed by atoms with van der Waals surface area (Å²) < 4.78 is 5.53. The van der Waals surface area contributed by atoms with E-state index < -0.39 is 12.7 Å². The third-order valence-corrected chi connectivity index (χ3v) is 4.18. The molecule has 1 heterocycles. The van der Waals surface area contributed by atoms with Crippen molar-refractivity contribution in [2.45, 2.75) is 25.9 Å². The van der Waals surface area contributed by atoms with E-state index in [1.165, 1.54) is 0 Å². The molecule has 2 aromatic carbocycles. The van der Waals surface area contributed by atoms with Gasteiger partial charge in [0.15, 0.2) is 5.78 Å². The summed E-state index contributed by atoms with van der Waals surface area (Å²) in [5.74, 6) is -0.00452. The molecule has 0 saturated carbocycles. The van der Waals surface area contributed by atoms with Gasteiger partial charge in [-0.05, 0) is 42.6 Å². The molecule has 0 radical (unpaired) electrons. The maximum atomic E-state index is 12.3. The summed E-state index contributed by atoms with van der Waals surface area (Å²) in [6.45, 7) is 3.83. The predicted octanol–water partition coefficient (Wildman–Crippen LogP) is 2.72. The fraction of sp³-hybridized carbons (Fsp3) is 0.235. The van der Waals surface area contributed by atoms with Crippen LogP contribution in [-0.2, 0) is 16.7 Å². The van der Waals surface area contributed by atoms with E-state index in [1.807, 2.05) is 32.0 Å². The number of hydrogen-bond acceptors (Lipinski definition) is 3. The van der Waals surface area contributed by atoms with Gasteiger partial charge in [0.1, 0.15) is 0 Å². The topological polar surface area (TPSA) is 46.5 Å². The van der Waals surface area contributed by atoms with Crippen LogP contribution in [0.5, 0.6) is 0 Å². The van der Waals surface area contributed by atoms with Crippen LogP contribution in [0, 0.1) is 0 Å². The minimum absolute atomic E-state index is 0.00452. The van der Waals surface area contributed by atoms with Gasteiger partial charge in [0.2, 0.25) is 0 Å². The molecule has 22 heavy (non-hydrogen) atoms. The van der Waals surface area contributed by atoms with Crippen LogP contribution >= 0.6 is 11.6 Å². The molecule has 0 amide bonds. The Balaban J connectivity index is 1.86. The molecule has 2 aromatic rings. The summed E-state index contributed by atoms with van der Waals surface area (Å²) in [5.41, 5.74) is 2.62. The number of halogens is 1. The molecule has 3 rings (SSSR count). The van der Waals surface area contributed by atoms with Gasteiger partial charge >= 0.3 is 7.12 Å². The quantitative estimate of drug-likeness (QED) is 0.700. The fourth-order valence-corrected chi connectivity index (χ4v) is 3.02. The summed E-state index contributed by atoms with van der Waals surface area (Å²) in [6.07, 6.45) is 0.265. The van der Waals surface area contributed by atoms with Crippen molar-refractivity contribution >= 4 is 30.0 Å². The monoisotopic (exact) mass is 314 g/mol. The molecular weight excluding hydrogens is 298 g/mol. The predicted molar refractivity (Wildman–Crippen MR) is 87.6 cm³/mol. The third kappa shape index (κ3) is 2.82. The number of fused-ring (bicyclic) bond motifs is 1. The van der Waals surface area contributed by atoms with Crippen LogP contribution in [0.2, 0.25) is 5.02 Å². The van der Waals surface area contributed by atoms with Crippen LogP contribution in [0.25, 0.3) is 0 Å². The summed E-state index contributed by atoms with van der Waals surface area (Å²) in [5, 5.41) is 10.6. The average molecular weight is 315 g/mol. The van der Waals surface area contributed by atoms with Gasteiger partial charge in [-0.15, -0.1) is 0 Å². The highest BCUT2D eigenvalue weighted by molar-refractivity contribution is 6.62. The van der Waals surface area contributed by atoms with Gasteiger partial charge in [-0.25, -0.2) is 0 Å². The molecule has 0 unspecified atom stereocenters. The van der Waals surface area contributed by atoms with Gasteiger partial charge < -0.3 is 9.68 Å². The summed E-state index contributed by atoms with van der Waals surface area (Å²) in [6, 6.07) is 12.6. The third-order valence-electron chi connectivity index (χ3n) is 3.95. The van der Waals surface area contributed by atoms with Crippen molar-refractivity contribution in [3.05, 3.63) is 64.2 Å². The number of benzene rings is 2. The molecule has 3 nitrogen and oxygen atoms in total. The fourth-order valence-electron chi connectivity index (χ4n) is 2.83. The molecule has 1 N–H and O–H groups in total. The lowest BCUT2D eigenvalue weighted by molar-refractivity contribution is 0.0991. The molecule has 1 aliphatic rings. The lowest BCUT2D eigenvalue weighted by Gasteiger charge is -2.19. The van der Waals surface area contributed by atoms with E-state index in [2.05, 4.69) is 0 Å². The van der Waals surface area contributed by atoms with E-state index in [1.54, 1.807) is 24.3 Å². The Morgan fingerprint density at radius 3 is 2.77 bits per heavy atom. The van der Waals surface area contributed by atoms with Crippen molar-refractivity contribution in [2.24, 2.45) is 0 Å². The van der Waals surface area contributed by atoms with Crippen molar-refractivity contribution in [3.63, 3.8) is 0 Å². The number of carbonyl (C=O) groups is 1. The molecule has 0 aliphatic carbocycles. The molecule has 1 aliphatic heterocycles. The summed E-state index contributed by atoms with van der Waals surface area (Å²) in [4.78, 5) is 12.3. The molecule has 112 valence electrons. The van der Waals surface area contributed by atoms with Crippen molar-refractivity contribution in [1.29, 1.82) is 0 Å². The highest BCUT2D eigenvalue weighted by Crippen LogP contribution is 2.30. The van der Waals surface area contributed by atoms with Crippen molar-refractivity contribution in [2.75, 3.05) is 0 Å². The zero-order chi connectivity index (χ0) is 15.9. The molecule has 0 atom stereocenters. The van der Waals surface area contributed by atoms with Crippen LogP contribution in [-0.4, -0.2) is 17.9 Å².